The average molecular weight is 260 g/mol. The monoisotopic (exact) mass is 260 g/mol. The lowest BCUT2D eigenvalue weighted by molar-refractivity contribution is 1.09. The molecule has 4 aromatic rings. The van der Waals surface area contributed by atoms with Gasteiger partial charge in [-0.2, -0.15) is 0 Å². The molecule has 0 N–H and O–H groups in total. The van der Waals surface area contributed by atoms with Crippen LogP contribution in [0, 0.1) is 6.92 Å². The van der Waals surface area contributed by atoms with Crippen LogP contribution in [0.25, 0.3) is 27.9 Å². The second-order valence-electron chi connectivity index (χ2n) is 4.84. The Labute approximate surface area is 115 Å². The third-order valence-corrected chi connectivity index (χ3v) is 3.46. The van der Waals surface area contributed by atoms with Crippen LogP contribution in [0.4, 0.5) is 0 Å². The predicted molar refractivity (Wildman–Crippen MR) is 78.5 cm³/mol. The van der Waals surface area contributed by atoms with Gasteiger partial charge in [-0.15, -0.1) is 10.2 Å². The van der Waals surface area contributed by atoms with Crippen molar-refractivity contribution in [3.63, 3.8) is 0 Å². The van der Waals surface area contributed by atoms with Gasteiger partial charge in [0.05, 0.1) is 5.52 Å². The van der Waals surface area contributed by atoms with Crippen molar-refractivity contribution >= 4 is 16.6 Å². The summed E-state index contributed by atoms with van der Waals surface area (Å²) >= 11 is 0. The maximum atomic E-state index is 4.76. The van der Waals surface area contributed by atoms with Crippen LogP contribution in [0.1, 0.15) is 5.56 Å². The Balaban J connectivity index is 2.11. The van der Waals surface area contributed by atoms with Crippen molar-refractivity contribution in [3.05, 3.63) is 60.4 Å². The van der Waals surface area contributed by atoms with Crippen LogP contribution in [0.2, 0.25) is 0 Å². The summed E-state index contributed by atoms with van der Waals surface area (Å²) in [6.45, 7) is 2.08. The molecule has 0 bridgehead atoms. The lowest BCUT2D eigenvalue weighted by Crippen LogP contribution is -1.96. The maximum absolute atomic E-state index is 4.76. The molecule has 2 heterocycles. The van der Waals surface area contributed by atoms with Gasteiger partial charge in [0, 0.05) is 10.9 Å². The normalized spacial score (nSPS) is 11.2. The van der Waals surface area contributed by atoms with Crippen molar-refractivity contribution in [1.29, 1.82) is 0 Å². The first-order chi connectivity index (χ1) is 9.83. The molecule has 0 aliphatic rings. The van der Waals surface area contributed by atoms with Crippen molar-refractivity contribution < 1.29 is 0 Å². The fourth-order valence-electron chi connectivity index (χ4n) is 2.41. The molecule has 4 nitrogen and oxygen atoms in total. The molecule has 4 rings (SSSR count). The SMILES string of the molecule is Cc1ccc(-c2nc3ccccc3c3nncn23)cc1. The van der Waals surface area contributed by atoms with Crippen molar-refractivity contribution in [2.45, 2.75) is 6.92 Å². The largest absolute Gasteiger partial charge is 0.265 e. The summed E-state index contributed by atoms with van der Waals surface area (Å²) in [6, 6.07) is 16.3. The minimum atomic E-state index is 0.839. The summed E-state index contributed by atoms with van der Waals surface area (Å²) in [6.07, 6.45) is 1.71. The van der Waals surface area contributed by atoms with Crippen molar-refractivity contribution in [2.75, 3.05) is 0 Å². The second-order valence-corrected chi connectivity index (χ2v) is 4.84. The summed E-state index contributed by atoms with van der Waals surface area (Å²) in [5.74, 6) is 0.865. The van der Waals surface area contributed by atoms with Gasteiger partial charge in [0.15, 0.2) is 5.65 Å². The molecule has 2 aromatic heterocycles. The lowest BCUT2D eigenvalue weighted by Gasteiger charge is -2.07. The molecule has 0 atom stereocenters. The molecule has 0 aliphatic carbocycles. The maximum Gasteiger partial charge on any atom is 0.171 e. The average Bonchev–Trinajstić information content (AvgIpc) is 2.97. The van der Waals surface area contributed by atoms with Gasteiger partial charge < -0.3 is 0 Å². The third-order valence-electron chi connectivity index (χ3n) is 3.46. The molecule has 4 heteroatoms. The smallest absolute Gasteiger partial charge is 0.171 e. The van der Waals surface area contributed by atoms with Gasteiger partial charge in [0.1, 0.15) is 12.2 Å². The molecule has 0 radical (unpaired) electrons. The topological polar surface area (TPSA) is 43.1 Å². The lowest BCUT2D eigenvalue weighted by atomic mass is 10.1. The third kappa shape index (κ3) is 1.58. The van der Waals surface area contributed by atoms with Crippen LogP contribution in [-0.4, -0.2) is 19.6 Å². The van der Waals surface area contributed by atoms with Crippen LogP contribution in [0.5, 0.6) is 0 Å². The zero-order valence-corrected chi connectivity index (χ0v) is 11.0. The van der Waals surface area contributed by atoms with Gasteiger partial charge in [0.25, 0.3) is 0 Å². The highest BCUT2D eigenvalue weighted by atomic mass is 15.2. The Morgan fingerprint density at radius 1 is 0.950 bits per heavy atom. The molecular weight excluding hydrogens is 248 g/mol. The minimum absolute atomic E-state index is 0.839. The highest BCUT2D eigenvalue weighted by Gasteiger charge is 2.10. The van der Waals surface area contributed by atoms with E-state index >= 15 is 0 Å². The zero-order valence-electron chi connectivity index (χ0n) is 11.0. The van der Waals surface area contributed by atoms with Gasteiger partial charge in [-0.3, -0.25) is 4.40 Å². The number of rotatable bonds is 1. The van der Waals surface area contributed by atoms with Gasteiger partial charge in [-0.05, 0) is 19.1 Å². The first-order valence-corrected chi connectivity index (χ1v) is 6.48. The molecule has 2 aromatic carbocycles. The van der Waals surface area contributed by atoms with E-state index in [1.54, 1.807) is 6.33 Å². The number of hydrogen-bond acceptors (Lipinski definition) is 3. The molecule has 0 aliphatic heterocycles. The van der Waals surface area contributed by atoms with Gasteiger partial charge in [0.2, 0.25) is 0 Å². The fourth-order valence-corrected chi connectivity index (χ4v) is 2.41. The molecule has 0 unspecified atom stereocenters. The van der Waals surface area contributed by atoms with E-state index in [-0.39, 0.29) is 0 Å². The molecular formula is C16H12N4. The molecule has 0 fully saturated rings. The van der Waals surface area contributed by atoms with Crippen LogP contribution in [-0.2, 0) is 0 Å². The zero-order chi connectivity index (χ0) is 13.5. The fraction of sp³-hybridized carbons (Fsp3) is 0.0625. The number of para-hydroxylation sites is 1. The number of aryl methyl sites for hydroxylation is 1. The second kappa shape index (κ2) is 4.13. The predicted octanol–water partition coefficient (Wildman–Crippen LogP) is 3.25. The summed E-state index contributed by atoms with van der Waals surface area (Å²) in [4.78, 5) is 4.76. The van der Waals surface area contributed by atoms with Gasteiger partial charge in [-0.1, -0.05) is 42.0 Å². The molecule has 0 saturated heterocycles. The quantitative estimate of drug-likeness (QED) is 0.527. The molecule has 20 heavy (non-hydrogen) atoms. The van der Waals surface area contributed by atoms with Crippen LogP contribution < -0.4 is 0 Å². The van der Waals surface area contributed by atoms with E-state index in [9.17, 15) is 0 Å². The molecule has 0 spiro atoms. The Morgan fingerprint density at radius 2 is 1.75 bits per heavy atom. The Kier molecular flexibility index (Phi) is 2.29. The Hall–Kier alpha value is -2.75. The number of aromatic nitrogens is 4. The first-order valence-electron chi connectivity index (χ1n) is 6.48. The summed E-state index contributed by atoms with van der Waals surface area (Å²) in [5.41, 5.74) is 4.07. The molecule has 0 saturated carbocycles. The van der Waals surface area contributed by atoms with E-state index in [4.69, 9.17) is 4.98 Å². The van der Waals surface area contributed by atoms with Crippen LogP contribution in [0.3, 0.4) is 0 Å². The summed E-state index contributed by atoms with van der Waals surface area (Å²) in [7, 11) is 0. The minimum Gasteiger partial charge on any atom is -0.265 e. The number of fused-ring (bicyclic) bond motifs is 3. The van der Waals surface area contributed by atoms with E-state index in [1.165, 1.54) is 5.56 Å². The van der Waals surface area contributed by atoms with Crippen LogP contribution in [0.15, 0.2) is 54.9 Å². The highest BCUT2D eigenvalue weighted by Crippen LogP contribution is 2.24. The van der Waals surface area contributed by atoms with E-state index in [2.05, 4.69) is 41.4 Å². The van der Waals surface area contributed by atoms with Crippen molar-refractivity contribution in [3.8, 4) is 11.4 Å². The van der Waals surface area contributed by atoms with Crippen LogP contribution >= 0.6 is 0 Å². The molecule has 96 valence electrons. The Bertz CT molecular complexity index is 907. The number of hydrogen-bond donors (Lipinski definition) is 0. The van der Waals surface area contributed by atoms with E-state index in [0.29, 0.717) is 0 Å². The number of benzene rings is 2. The summed E-state index contributed by atoms with van der Waals surface area (Å²) in [5, 5.41) is 9.27. The van der Waals surface area contributed by atoms with Gasteiger partial charge in [-0.25, -0.2) is 4.98 Å². The van der Waals surface area contributed by atoms with E-state index in [1.807, 2.05) is 28.7 Å². The standard InChI is InChI=1S/C16H12N4/c1-11-6-8-12(9-7-11)15-18-14-5-3-2-4-13(14)16-19-17-10-20(15)16/h2-10H,1H3. The Morgan fingerprint density at radius 3 is 2.60 bits per heavy atom. The van der Waals surface area contributed by atoms with Crippen molar-refractivity contribution in [1.82, 2.24) is 19.6 Å². The highest BCUT2D eigenvalue weighted by molar-refractivity contribution is 5.92. The van der Waals surface area contributed by atoms with Crippen molar-refractivity contribution in [2.24, 2.45) is 0 Å². The number of nitrogens with zero attached hydrogens (tertiary/aromatic N) is 4. The van der Waals surface area contributed by atoms with E-state index in [0.717, 1.165) is 27.9 Å². The van der Waals surface area contributed by atoms with E-state index < -0.39 is 0 Å². The first kappa shape index (κ1) is 11.1. The molecule has 0 amide bonds. The summed E-state index contributed by atoms with van der Waals surface area (Å²) < 4.78 is 1.94. The van der Waals surface area contributed by atoms with Gasteiger partial charge >= 0.3 is 0 Å².